The van der Waals surface area contributed by atoms with Crippen molar-refractivity contribution in [3.63, 3.8) is 0 Å². The Morgan fingerprint density at radius 1 is 1.50 bits per heavy atom. The number of benzene rings is 1. The minimum absolute atomic E-state index is 0.103. The number of anilines is 2. The molecule has 1 amide bonds. The topological polar surface area (TPSA) is 67.2 Å². The SMILES string of the molecule is Nc1cccc(NC2CNC(=O)C2)c1. The maximum atomic E-state index is 10.9. The van der Waals surface area contributed by atoms with E-state index in [0.717, 1.165) is 11.4 Å². The van der Waals surface area contributed by atoms with Gasteiger partial charge in [0.1, 0.15) is 0 Å². The molecule has 1 aromatic carbocycles. The summed E-state index contributed by atoms with van der Waals surface area (Å²) in [5.41, 5.74) is 7.33. The molecule has 1 heterocycles. The molecule has 4 N–H and O–H groups in total. The van der Waals surface area contributed by atoms with Gasteiger partial charge in [-0.05, 0) is 18.2 Å². The second-order valence-electron chi connectivity index (χ2n) is 3.47. The molecule has 0 saturated carbocycles. The maximum absolute atomic E-state index is 10.9. The highest BCUT2D eigenvalue weighted by Crippen LogP contribution is 2.14. The number of carbonyl (C=O) groups is 1. The quantitative estimate of drug-likeness (QED) is 0.599. The molecule has 0 spiro atoms. The fraction of sp³-hybridized carbons (Fsp3) is 0.300. The predicted molar refractivity (Wildman–Crippen MR) is 55.9 cm³/mol. The average Bonchev–Trinajstić information content (AvgIpc) is 2.51. The van der Waals surface area contributed by atoms with Gasteiger partial charge in [0.05, 0.1) is 6.04 Å². The molecule has 1 atom stereocenters. The van der Waals surface area contributed by atoms with Gasteiger partial charge < -0.3 is 16.4 Å². The van der Waals surface area contributed by atoms with Gasteiger partial charge in [-0.2, -0.15) is 0 Å². The van der Waals surface area contributed by atoms with Crippen LogP contribution in [0.1, 0.15) is 6.42 Å². The first-order chi connectivity index (χ1) is 6.74. The van der Waals surface area contributed by atoms with Crippen LogP contribution >= 0.6 is 0 Å². The minimum atomic E-state index is 0.103. The van der Waals surface area contributed by atoms with Crippen LogP contribution in [-0.4, -0.2) is 18.5 Å². The third kappa shape index (κ3) is 1.96. The summed E-state index contributed by atoms with van der Waals surface area (Å²) >= 11 is 0. The Morgan fingerprint density at radius 2 is 2.36 bits per heavy atom. The Bertz CT molecular complexity index is 351. The lowest BCUT2D eigenvalue weighted by molar-refractivity contribution is -0.119. The highest BCUT2D eigenvalue weighted by atomic mass is 16.1. The molecule has 14 heavy (non-hydrogen) atoms. The van der Waals surface area contributed by atoms with Gasteiger partial charge in [-0.1, -0.05) is 6.07 Å². The van der Waals surface area contributed by atoms with E-state index < -0.39 is 0 Å². The Balaban J connectivity index is 2.00. The highest BCUT2D eigenvalue weighted by Gasteiger charge is 2.20. The van der Waals surface area contributed by atoms with Crippen LogP contribution in [0.3, 0.4) is 0 Å². The van der Waals surface area contributed by atoms with E-state index >= 15 is 0 Å². The first-order valence-corrected chi connectivity index (χ1v) is 4.63. The lowest BCUT2D eigenvalue weighted by Crippen LogP contribution is -2.22. The molecular formula is C10H13N3O. The molecule has 4 heteroatoms. The Morgan fingerprint density at radius 3 is 3.00 bits per heavy atom. The van der Waals surface area contributed by atoms with Crippen molar-refractivity contribution in [2.75, 3.05) is 17.6 Å². The number of nitrogens with two attached hydrogens (primary N) is 1. The van der Waals surface area contributed by atoms with Crippen molar-refractivity contribution in [3.05, 3.63) is 24.3 Å². The van der Waals surface area contributed by atoms with Crippen LogP contribution in [0, 0.1) is 0 Å². The van der Waals surface area contributed by atoms with Crippen molar-refractivity contribution in [1.29, 1.82) is 0 Å². The average molecular weight is 191 g/mol. The van der Waals surface area contributed by atoms with Gasteiger partial charge in [0.15, 0.2) is 0 Å². The molecule has 1 aromatic rings. The molecule has 4 nitrogen and oxygen atoms in total. The van der Waals surface area contributed by atoms with E-state index in [-0.39, 0.29) is 11.9 Å². The molecule has 1 aliphatic heterocycles. The predicted octanol–water partition coefficient (Wildman–Crippen LogP) is 0.569. The van der Waals surface area contributed by atoms with Crippen molar-refractivity contribution >= 4 is 17.3 Å². The minimum Gasteiger partial charge on any atom is -0.399 e. The van der Waals surface area contributed by atoms with Crippen molar-refractivity contribution in [2.24, 2.45) is 0 Å². The molecule has 1 unspecified atom stereocenters. The summed E-state index contributed by atoms with van der Waals surface area (Å²) < 4.78 is 0. The summed E-state index contributed by atoms with van der Waals surface area (Å²) in [6, 6.07) is 7.72. The highest BCUT2D eigenvalue weighted by molar-refractivity contribution is 5.79. The van der Waals surface area contributed by atoms with E-state index in [9.17, 15) is 4.79 Å². The lowest BCUT2D eigenvalue weighted by atomic mass is 10.2. The second-order valence-corrected chi connectivity index (χ2v) is 3.47. The number of amides is 1. The van der Waals surface area contributed by atoms with E-state index in [1.165, 1.54) is 0 Å². The van der Waals surface area contributed by atoms with Gasteiger partial charge in [-0.25, -0.2) is 0 Å². The first kappa shape index (κ1) is 8.87. The molecule has 74 valence electrons. The molecule has 2 rings (SSSR count). The standard InChI is InChI=1S/C10H13N3O/c11-7-2-1-3-8(4-7)13-9-5-10(14)12-6-9/h1-4,9,13H,5-6,11H2,(H,12,14). The number of hydrogen-bond donors (Lipinski definition) is 3. The van der Waals surface area contributed by atoms with Crippen LogP contribution < -0.4 is 16.4 Å². The number of carbonyl (C=O) groups excluding carboxylic acids is 1. The normalized spacial score (nSPS) is 20.6. The molecule has 1 fully saturated rings. The lowest BCUT2D eigenvalue weighted by Gasteiger charge is -2.11. The maximum Gasteiger partial charge on any atom is 0.222 e. The van der Waals surface area contributed by atoms with Crippen molar-refractivity contribution in [1.82, 2.24) is 5.32 Å². The summed E-state index contributed by atoms with van der Waals surface area (Å²) in [6.07, 6.45) is 0.537. The number of nitrogen functional groups attached to an aromatic ring is 1. The third-order valence-electron chi connectivity index (χ3n) is 2.23. The van der Waals surface area contributed by atoms with Gasteiger partial charge in [0.2, 0.25) is 5.91 Å². The molecule has 0 bridgehead atoms. The van der Waals surface area contributed by atoms with Gasteiger partial charge in [-0.3, -0.25) is 4.79 Å². The molecule has 0 aliphatic carbocycles. The summed E-state index contributed by atoms with van der Waals surface area (Å²) in [6.45, 7) is 0.688. The van der Waals surface area contributed by atoms with Crippen LogP contribution in [0.5, 0.6) is 0 Å². The van der Waals surface area contributed by atoms with Crippen LogP contribution in [0.4, 0.5) is 11.4 Å². The second kappa shape index (κ2) is 3.57. The van der Waals surface area contributed by atoms with Crippen molar-refractivity contribution < 1.29 is 4.79 Å². The summed E-state index contributed by atoms with van der Waals surface area (Å²) in [5, 5.41) is 6.02. The van der Waals surface area contributed by atoms with E-state index in [0.29, 0.717) is 13.0 Å². The van der Waals surface area contributed by atoms with Gasteiger partial charge in [0, 0.05) is 24.3 Å². The van der Waals surface area contributed by atoms with E-state index in [1.54, 1.807) is 0 Å². The number of rotatable bonds is 2. The van der Waals surface area contributed by atoms with Gasteiger partial charge in [0.25, 0.3) is 0 Å². The van der Waals surface area contributed by atoms with Crippen LogP contribution in [0.2, 0.25) is 0 Å². The molecule has 1 aliphatic rings. The van der Waals surface area contributed by atoms with Gasteiger partial charge in [-0.15, -0.1) is 0 Å². The van der Waals surface area contributed by atoms with Crippen LogP contribution in [-0.2, 0) is 4.79 Å². The molecule has 0 radical (unpaired) electrons. The van der Waals surface area contributed by atoms with Crippen molar-refractivity contribution in [3.8, 4) is 0 Å². The van der Waals surface area contributed by atoms with E-state index in [2.05, 4.69) is 10.6 Å². The zero-order chi connectivity index (χ0) is 9.97. The molecule has 1 saturated heterocycles. The fourth-order valence-electron chi connectivity index (χ4n) is 1.57. The van der Waals surface area contributed by atoms with Crippen LogP contribution in [0.25, 0.3) is 0 Å². The fourth-order valence-corrected chi connectivity index (χ4v) is 1.57. The monoisotopic (exact) mass is 191 g/mol. The third-order valence-corrected chi connectivity index (χ3v) is 2.23. The zero-order valence-corrected chi connectivity index (χ0v) is 7.79. The van der Waals surface area contributed by atoms with Crippen LogP contribution in [0.15, 0.2) is 24.3 Å². The zero-order valence-electron chi connectivity index (χ0n) is 7.79. The smallest absolute Gasteiger partial charge is 0.222 e. The largest absolute Gasteiger partial charge is 0.399 e. The summed E-state index contributed by atoms with van der Waals surface area (Å²) in [5.74, 6) is 0.103. The van der Waals surface area contributed by atoms with E-state index in [4.69, 9.17) is 5.73 Å². The summed E-state index contributed by atoms with van der Waals surface area (Å²) in [7, 11) is 0. The van der Waals surface area contributed by atoms with Crippen molar-refractivity contribution in [2.45, 2.75) is 12.5 Å². The Kier molecular flexibility index (Phi) is 2.26. The Hall–Kier alpha value is -1.71. The van der Waals surface area contributed by atoms with E-state index in [1.807, 2.05) is 24.3 Å². The number of hydrogen-bond acceptors (Lipinski definition) is 3. The first-order valence-electron chi connectivity index (χ1n) is 4.63. The van der Waals surface area contributed by atoms with Gasteiger partial charge >= 0.3 is 0 Å². The number of nitrogens with one attached hydrogen (secondary N) is 2. The Labute approximate surface area is 82.5 Å². The molecule has 0 aromatic heterocycles. The molecular weight excluding hydrogens is 178 g/mol. The summed E-state index contributed by atoms with van der Waals surface area (Å²) in [4.78, 5) is 10.9.